The number of benzene rings is 1. The molecule has 2 heterocycles. The number of halogens is 1. The van der Waals surface area contributed by atoms with E-state index in [-0.39, 0.29) is 16.6 Å². The quantitative estimate of drug-likeness (QED) is 0.481. The number of piperidine rings is 1. The number of hydroxylamine groups is 2. The second-order valence-corrected chi connectivity index (χ2v) is 12.5. The van der Waals surface area contributed by atoms with Gasteiger partial charge in [0.25, 0.3) is 0 Å². The van der Waals surface area contributed by atoms with Crippen LogP contribution in [0.3, 0.4) is 0 Å². The van der Waals surface area contributed by atoms with Crippen LogP contribution in [-0.4, -0.2) is 67.1 Å². The van der Waals surface area contributed by atoms with Gasteiger partial charge in [-0.2, -0.15) is 0 Å². The van der Waals surface area contributed by atoms with E-state index in [0.717, 1.165) is 31.7 Å². The van der Waals surface area contributed by atoms with Crippen molar-refractivity contribution in [2.45, 2.75) is 64.0 Å². The molecular formula is C25H36FN5O5S. The summed E-state index contributed by atoms with van der Waals surface area (Å²) in [6.45, 7) is 11.5. The monoisotopic (exact) mass is 537 g/mol. The molecular weight excluding hydrogens is 501 g/mol. The van der Waals surface area contributed by atoms with Gasteiger partial charge in [-0.05, 0) is 71.6 Å². The van der Waals surface area contributed by atoms with Crippen molar-refractivity contribution in [3.63, 3.8) is 0 Å². The first-order valence-corrected chi connectivity index (χ1v) is 14.1. The summed E-state index contributed by atoms with van der Waals surface area (Å²) >= 11 is 0. The topological polar surface area (TPSA) is 114 Å². The van der Waals surface area contributed by atoms with Gasteiger partial charge in [0.2, 0.25) is 0 Å². The molecule has 0 bridgehead atoms. The van der Waals surface area contributed by atoms with E-state index in [2.05, 4.69) is 34.0 Å². The highest BCUT2D eigenvalue weighted by molar-refractivity contribution is 7.90. The standard InChI is InChI=1S/C25H36FN5O5S/c1-17(2)31(15-18-9-11-30(12-10-18)36-24(32)35-25(3,4)5)23-14-22(27-16-28-23)29-21-8-7-19(13-20(21)26)37(6,33)34/h7-8,13-14,16-18H,9-12,15H2,1-6H3,(H,27,28,29). The summed E-state index contributed by atoms with van der Waals surface area (Å²) in [5, 5.41) is 4.55. The molecule has 0 atom stereocenters. The summed E-state index contributed by atoms with van der Waals surface area (Å²) in [5.41, 5.74) is -0.491. The van der Waals surface area contributed by atoms with Gasteiger partial charge in [-0.25, -0.2) is 27.6 Å². The highest BCUT2D eigenvalue weighted by Crippen LogP contribution is 2.27. The molecule has 1 aliphatic rings. The first-order chi connectivity index (χ1) is 17.2. The van der Waals surface area contributed by atoms with Gasteiger partial charge in [-0.3, -0.25) is 0 Å². The number of carbonyl (C=O) groups is 1. The van der Waals surface area contributed by atoms with Crippen LogP contribution in [0.25, 0.3) is 0 Å². The van der Waals surface area contributed by atoms with Gasteiger partial charge in [0.1, 0.15) is 29.4 Å². The van der Waals surface area contributed by atoms with E-state index in [0.29, 0.717) is 30.6 Å². The number of hydrogen-bond acceptors (Lipinski definition) is 10. The summed E-state index contributed by atoms with van der Waals surface area (Å²) in [5.74, 6) is 0.743. The average Bonchev–Trinajstić information content (AvgIpc) is 2.78. The van der Waals surface area contributed by atoms with Crippen molar-refractivity contribution in [1.29, 1.82) is 0 Å². The number of nitrogens with one attached hydrogen (secondary N) is 1. The molecule has 1 aliphatic heterocycles. The van der Waals surface area contributed by atoms with Crippen LogP contribution in [0.2, 0.25) is 0 Å². The van der Waals surface area contributed by atoms with Crippen molar-refractivity contribution in [2.75, 3.05) is 36.1 Å². The molecule has 0 spiro atoms. The van der Waals surface area contributed by atoms with E-state index in [4.69, 9.17) is 9.57 Å². The van der Waals surface area contributed by atoms with Crippen LogP contribution in [0, 0.1) is 11.7 Å². The minimum Gasteiger partial charge on any atom is -0.427 e. The van der Waals surface area contributed by atoms with Gasteiger partial charge in [-0.15, -0.1) is 5.06 Å². The third kappa shape index (κ3) is 8.53. The van der Waals surface area contributed by atoms with E-state index in [1.165, 1.54) is 18.5 Å². The maximum atomic E-state index is 14.5. The number of hydrogen-bond donors (Lipinski definition) is 1. The maximum Gasteiger partial charge on any atom is 0.528 e. The number of sulfone groups is 1. The zero-order valence-electron chi connectivity index (χ0n) is 22.2. The van der Waals surface area contributed by atoms with Crippen LogP contribution in [0.5, 0.6) is 0 Å². The molecule has 1 aromatic heterocycles. The smallest absolute Gasteiger partial charge is 0.427 e. The molecule has 1 saturated heterocycles. The van der Waals surface area contributed by atoms with E-state index in [9.17, 15) is 17.6 Å². The normalized spacial score (nSPS) is 15.5. The zero-order valence-corrected chi connectivity index (χ0v) is 23.0. The Bertz CT molecular complexity index is 1190. The maximum absolute atomic E-state index is 14.5. The Kier molecular flexibility index (Phi) is 8.96. The number of ether oxygens (including phenoxy) is 1. The van der Waals surface area contributed by atoms with E-state index in [1.54, 1.807) is 31.9 Å². The van der Waals surface area contributed by atoms with Gasteiger partial charge in [0, 0.05) is 38.0 Å². The third-order valence-electron chi connectivity index (χ3n) is 5.82. The Balaban J connectivity index is 1.63. The molecule has 1 N–H and O–H groups in total. The average molecular weight is 538 g/mol. The van der Waals surface area contributed by atoms with E-state index in [1.807, 2.05) is 0 Å². The molecule has 0 amide bonds. The summed E-state index contributed by atoms with van der Waals surface area (Å²) in [6, 6.07) is 5.59. The SMILES string of the molecule is CC(C)N(CC1CCN(OC(=O)OC(C)(C)C)CC1)c1cc(Nc2ccc(S(C)(=O)=O)cc2F)ncn1. The number of nitrogens with zero attached hydrogens (tertiary/aromatic N) is 4. The number of anilines is 3. The molecule has 10 nitrogen and oxygen atoms in total. The Hall–Kier alpha value is -2.99. The van der Waals surface area contributed by atoms with Crippen LogP contribution >= 0.6 is 0 Å². The Morgan fingerprint density at radius 2 is 1.89 bits per heavy atom. The van der Waals surface area contributed by atoms with Gasteiger partial charge in [0.05, 0.1) is 10.6 Å². The molecule has 204 valence electrons. The van der Waals surface area contributed by atoms with Crippen LogP contribution in [0.1, 0.15) is 47.5 Å². The van der Waals surface area contributed by atoms with Gasteiger partial charge in [-0.1, -0.05) is 0 Å². The Morgan fingerprint density at radius 3 is 2.46 bits per heavy atom. The lowest BCUT2D eigenvalue weighted by molar-refractivity contribution is -0.155. The van der Waals surface area contributed by atoms with Crippen molar-refractivity contribution in [3.05, 3.63) is 36.4 Å². The van der Waals surface area contributed by atoms with E-state index >= 15 is 0 Å². The molecule has 3 rings (SSSR count). The van der Waals surface area contributed by atoms with Gasteiger partial charge in [0.15, 0.2) is 9.84 Å². The largest absolute Gasteiger partial charge is 0.528 e. The summed E-state index contributed by atoms with van der Waals surface area (Å²) in [4.78, 5) is 28.0. The summed E-state index contributed by atoms with van der Waals surface area (Å²) in [6.07, 6.45) is 3.41. The molecule has 0 radical (unpaired) electrons. The molecule has 0 saturated carbocycles. The fourth-order valence-corrected chi connectivity index (χ4v) is 4.58. The van der Waals surface area contributed by atoms with Crippen molar-refractivity contribution < 1.29 is 27.2 Å². The molecule has 37 heavy (non-hydrogen) atoms. The fourth-order valence-electron chi connectivity index (χ4n) is 3.94. The second-order valence-electron chi connectivity index (χ2n) is 10.5. The second kappa shape index (κ2) is 11.6. The van der Waals surface area contributed by atoms with Gasteiger partial charge < -0.3 is 19.8 Å². The number of aromatic nitrogens is 2. The zero-order chi connectivity index (χ0) is 27.4. The Morgan fingerprint density at radius 1 is 1.22 bits per heavy atom. The van der Waals surface area contributed by atoms with Crippen LogP contribution in [-0.2, 0) is 19.4 Å². The van der Waals surface area contributed by atoms with Crippen molar-refractivity contribution in [1.82, 2.24) is 15.0 Å². The van der Waals surface area contributed by atoms with Crippen molar-refractivity contribution in [3.8, 4) is 0 Å². The first-order valence-electron chi connectivity index (χ1n) is 12.2. The highest BCUT2D eigenvalue weighted by Gasteiger charge is 2.27. The fraction of sp³-hybridized carbons (Fsp3) is 0.560. The lowest BCUT2D eigenvalue weighted by Crippen LogP contribution is -2.42. The minimum atomic E-state index is -3.51. The minimum absolute atomic E-state index is 0.0903. The predicted molar refractivity (Wildman–Crippen MR) is 139 cm³/mol. The Labute approximate surface area is 218 Å². The molecule has 1 fully saturated rings. The number of rotatable bonds is 8. The van der Waals surface area contributed by atoms with Gasteiger partial charge >= 0.3 is 6.16 Å². The van der Waals surface area contributed by atoms with Crippen LogP contribution in [0.15, 0.2) is 35.5 Å². The van der Waals surface area contributed by atoms with Crippen molar-refractivity contribution in [2.24, 2.45) is 5.92 Å². The van der Waals surface area contributed by atoms with Crippen LogP contribution < -0.4 is 10.2 Å². The highest BCUT2D eigenvalue weighted by atomic mass is 32.2. The predicted octanol–water partition coefficient (Wildman–Crippen LogP) is 4.56. The number of carbonyl (C=O) groups excluding carboxylic acids is 1. The molecule has 12 heteroatoms. The lowest BCUT2D eigenvalue weighted by Gasteiger charge is -2.36. The van der Waals surface area contributed by atoms with E-state index < -0.39 is 27.4 Å². The molecule has 0 aliphatic carbocycles. The molecule has 2 aromatic rings. The first kappa shape index (κ1) is 28.6. The third-order valence-corrected chi connectivity index (χ3v) is 6.93. The van der Waals surface area contributed by atoms with Crippen molar-refractivity contribution >= 4 is 33.3 Å². The summed E-state index contributed by atoms with van der Waals surface area (Å²) in [7, 11) is -3.51. The van der Waals surface area contributed by atoms with Crippen LogP contribution in [0.4, 0.5) is 26.5 Å². The molecule has 0 unspecified atom stereocenters. The lowest BCUT2D eigenvalue weighted by atomic mass is 9.96. The molecule has 1 aromatic carbocycles. The summed E-state index contributed by atoms with van der Waals surface area (Å²) < 4.78 is 43.1.